The summed E-state index contributed by atoms with van der Waals surface area (Å²) in [5, 5.41) is 3.06. The molecule has 1 saturated heterocycles. The van der Waals surface area contributed by atoms with Crippen molar-refractivity contribution in [3.05, 3.63) is 30.1 Å². The van der Waals surface area contributed by atoms with E-state index < -0.39 is 33.2 Å². The molecule has 1 aromatic carbocycles. The quantitative estimate of drug-likeness (QED) is 0.781. The molecule has 0 aromatic heterocycles. The van der Waals surface area contributed by atoms with Gasteiger partial charge in [-0.05, 0) is 38.0 Å². The molecule has 1 heterocycles. The Kier molecular flexibility index (Phi) is 6.81. The lowest BCUT2D eigenvalue weighted by atomic mass is 9.92. The maximum Gasteiger partial charge on any atom is 0.247 e. The number of sulfonamides is 1. The van der Waals surface area contributed by atoms with Crippen molar-refractivity contribution >= 4 is 27.5 Å². The topological polar surface area (TPSA) is 86.8 Å². The van der Waals surface area contributed by atoms with Crippen LogP contribution in [0.2, 0.25) is 0 Å². The summed E-state index contributed by atoms with van der Waals surface area (Å²) in [5.41, 5.74) is -1.25. The zero-order valence-corrected chi connectivity index (χ0v) is 18.4. The van der Waals surface area contributed by atoms with Crippen LogP contribution in [0.5, 0.6) is 0 Å². The molecule has 1 atom stereocenters. The molecule has 3 rings (SSSR count). The molecule has 2 aliphatic rings. The third-order valence-corrected chi connectivity index (χ3v) is 7.20. The summed E-state index contributed by atoms with van der Waals surface area (Å²) in [5.74, 6) is -1.51. The van der Waals surface area contributed by atoms with Gasteiger partial charge in [-0.1, -0.05) is 38.2 Å². The summed E-state index contributed by atoms with van der Waals surface area (Å²) in [6.45, 7) is 0.972. The van der Waals surface area contributed by atoms with Crippen LogP contribution in [0.25, 0.3) is 0 Å². The summed E-state index contributed by atoms with van der Waals surface area (Å²) >= 11 is 0. The van der Waals surface area contributed by atoms with Crippen LogP contribution >= 0.6 is 0 Å². The van der Waals surface area contributed by atoms with Crippen LogP contribution in [0, 0.1) is 5.82 Å². The van der Waals surface area contributed by atoms with Crippen molar-refractivity contribution in [3.8, 4) is 0 Å². The van der Waals surface area contributed by atoms with Gasteiger partial charge in [0.1, 0.15) is 11.4 Å². The molecule has 9 heteroatoms. The predicted octanol–water partition coefficient (Wildman–Crippen LogP) is 2.42. The molecule has 30 heavy (non-hydrogen) atoms. The largest absolute Gasteiger partial charge is 0.351 e. The van der Waals surface area contributed by atoms with E-state index in [1.807, 2.05) is 0 Å². The van der Waals surface area contributed by atoms with E-state index in [0.717, 1.165) is 49.1 Å². The lowest BCUT2D eigenvalue weighted by molar-refractivity contribution is -0.133. The third-order valence-electron chi connectivity index (χ3n) is 6.00. The molecule has 0 bridgehead atoms. The van der Waals surface area contributed by atoms with Gasteiger partial charge < -0.3 is 5.32 Å². The highest BCUT2D eigenvalue weighted by Gasteiger charge is 2.50. The summed E-state index contributed by atoms with van der Waals surface area (Å²) in [4.78, 5) is 27.7. The number of amides is 2. The minimum Gasteiger partial charge on any atom is -0.351 e. The van der Waals surface area contributed by atoms with Crippen LogP contribution in [0.15, 0.2) is 24.3 Å². The average molecular weight is 440 g/mol. The number of rotatable bonds is 4. The first-order chi connectivity index (χ1) is 14.1. The predicted molar refractivity (Wildman–Crippen MR) is 113 cm³/mol. The SMILES string of the molecule is CC1(C(=O)NC2CCCCCCC2)CN(S(C)(=O)=O)CC(=O)N1c1cccc(F)c1. The maximum atomic E-state index is 13.9. The summed E-state index contributed by atoms with van der Waals surface area (Å²) in [6.07, 6.45) is 8.21. The normalized spacial score (nSPS) is 24.9. The number of nitrogens with zero attached hydrogens (tertiary/aromatic N) is 2. The van der Waals surface area contributed by atoms with E-state index in [-0.39, 0.29) is 24.8 Å². The van der Waals surface area contributed by atoms with Crippen molar-refractivity contribution in [2.45, 2.75) is 63.5 Å². The number of hydrogen-bond acceptors (Lipinski definition) is 4. The molecule has 1 unspecified atom stereocenters. The van der Waals surface area contributed by atoms with Gasteiger partial charge in [0.15, 0.2) is 0 Å². The summed E-state index contributed by atoms with van der Waals surface area (Å²) in [6, 6.07) is 5.45. The second kappa shape index (κ2) is 9.01. The van der Waals surface area contributed by atoms with E-state index in [2.05, 4.69) is 5.32 Å². The zero-order valence-electron chi connectivity index (χ0n) is 17.6. The highest BCUT2D eigenvalue weighted by atomic mass is 32.2. The van der Waals surface area contributed by atoms with Crippen molar-refractivity contribution in [2.75, 3.05) is 24.2 Å². The molecule has 166 valence electrons. The molecular formula is C21H30FN3O4S. The van der Waals surface area contributed by atoms with Gasteiger partial charge in [-0.3, -0.25) is 14.5 Å². The third kappa shape index (κ3) is 5.00. The highest BCUT2D eigenvalue weighted by molar-refractivity contribution is 7.88. The molecule has 7 nitrogen and oxygen atoms in total. The van der Waals surface area contributed by atoms with E-state index in [1.54, 1.807) is 13.0 Å². The van der Waals surface area contributed by atoms with Crippen molar-refractivity contribution in [1.29, 1.82) is 0 Å². The van der Waals surface area contributed by atoms with E-state index >= 15 is 0 Å². The Hall–Kier alpha value is -2.00. The summed E-state index contributed by atoms with van der Waals surface area (Å²) < 4.78 is 39.2. The Bertz CT molecular complexity index is 899. The average Bonchev–Trinajstić information content (AvgIpc) is 2.62. The van der Waals surface area contributed by atoms with Crippen molar-refractivity contribution in [1.82, 2.24) is 9.62 Å². The van der Waals surface area contributed by atoms with Crippen LogP contribution in [-0.4, -0.2) is 55.5 Å². The van der Waals surface area contributed by atoms with Crippen molar-refractivity contribution in [3.63, 3.8) is 0 Å². The van der Waals surface area contributed by atoms with Crippen LogP contribution in [0.4, 0.5) is 10.1 Å². The van der Waals surface area contributed by atoms with E-state index in [4.69, 9.17) is 0 Å². The van der Waals surface area contributed by atoms with Gasteiger partial charge in [0, 0.05) is 18.3 Å². The molecule has 1 aliphatic heterocycles. The number of carbonyl (C=O) groups is 2. The molecule has 2 amide bonds. The molecule has 1 N–H and O–H groups in total. The van der Waals surface area contributed by atoms with Gasteiger partial charge in [-0.15, -0.1) is 0 Å². The first-order valence-electron chi connectivity index (χ1n) is 10.5. The van der Waals surface area contributed by atoms with E-state index in [1.165, 1.54) is 29.5 Å². The first kappa shape index (κ1) is 22.7. The number of piperazine rings is 1. The Morgan fingerprint density at radius 3 is 2.40 bits per heavy atom. The minimum absolute atomic E-state index is 0.0207. The number of carbonyl (C=O) groups excluding carboxylic acids is 2. The smallest absolute Gasteiger partial charge is 0.247 e. The van der Waals surface area contributed by atoms with Gasteiger partial charge in [-0.2, -0.15) is 4.31 Å². The fourth-order valence-corrected chi connectivity index (χ4v) is 5.19. The second-order valence-corrected chi connectivity index (χ2v) is 10.5. The highest BCUT2D eigenvalue weighted by Crippen LogP contribution is 2.31. The maximum absolute atomic E-state index is 13.9. The van der Waals surface area contributed by atoms with Crippen molar-refractivity contribution in [2.24, 2.45) is 0 Å². The minimum atomic E-state index is -3.69. The Morgan fingerprint density at radius 2 is 1.80 bits per heavy atom. The van der Waals surface area contributed by atoms with Gasteiger partial charge in [0.2, 0.25) is 21.8 Å². The number of anilines is 1. The van der Waals surface area contributed by atoms with E-state index in [0.29, 0.717) is 0 Å². The molecule has 2 fully saturated rings. The number of halogens is 1. The van der Waals surface area contributed by atoms with Gasteiger partial charge in [0.05, 0.1) is 12.8 Å². The van der Waals surface area contributed by atoms with Crippen LogP contribution in [0.1, 0.15) is 51.9 Å². The molecular weight excluding hydrogens is 409 g/mol. The van der Waals surface area contributed by atoms with Gasteiger partial charge in [0.25, 0.3) is 0 Å². The number of benzene rings is 1. The Morgan fingerprint density at radius 1 is 1.17 bits per heavy atom. The lowest BCUT2D eigenvalue weighted by Crippen LogP contribution is -2.70. The lowest BCUT2D eigenvalue weighted by Gasteiger charge is -2.47. The Balaban J connectivity index is 1.94. The zero-order chi connectivity index (χ0) is 21.9. The fraction of sp³-hybridized carbons (Fsp3) is 0.619. The molecule has 1 aliphatic carbocycles. The van der Waals surface area contributed by atoms with Crippen LogP contribution in [-0.2, 0) is 19.6 Å². The molecule has 0 radical (unpaired) electrons. The molecule has 1 aromatic rings. The van der Waals surface area contributed by atoms with Gasteiger partial charge in [-0.25, -0.2) is 12.8 Å². The van der Waals surface area contributed by atoms with E-state index in [9.17, 15) is 22.4 Å². The molecule has 0 spiro atoms. The summed E-state index contributed by atoms with van der Waals surface area (Å²) in [7, 11) is -3.69. The first-order valence-corrected chi connectivity index (χ1v) is 12.3. The standard InChI is InChI=1S/C21H30FN3O4S/c1-21(20(27)23-17-10-6-4-3-5-7-11-17)15-24(30(2,28)29)14-19(26)25(21)18-12-8-9-16(22)13-18/h8-9,12-13,17H,3-7,10-11,14-15H2,1-2H3,(H,23,27). The fourth-order valence-electron chi connectivity index (χ4n) is 4.36. The van der Waals surface area contributed by atoms with Crippen LogP contribution < -0.4 is 10.2 Å². The Labute approximate surface area is 177 Å². The number of nitrogens with one attached hydrogen (secondary N) is 1. The monoisotopic (exact) mass is 439 g/mol. The van der Waals surface area contributed by atoms with Crippen LogP contribution in [0.3, 0.4) is 0 Å². The molecule has 1 saturated carbocycles. The van der Waals surface area contributed by atoms with Crippen molar-refractivity contribution < 1.29 is 22.4 Å². The van der Waals surface area contributed by atoms with Gasteiger partial charge >= 0.3 is 0 Å². The second-order valence-electron chi connectivity index (χ2n) is 8.53. The number of hydrogen-bond donors (Lipinski definition) is 1.